The number of para-hydroxylation sites is 1. The molecule has 1 fully saturated rings. The molecule has 0 spiro atoms. The van der Waals surface area contributed by atoms with Crippen LogP contribution in [-0.4, -0.2) is 23.1 Å². The van der Waals surface area contributed by atoms with Crippen LogP contribution in [0.15, 0.2) is 36.5 Å². The zero-order valence-corrected chi connectivity index (χ0v) is 11.8. The molecule has 3 rings (SSSR count). The van der Waals surface area contributed by atoms with Gasteiger partial charge in [0.05, 0.1) is 11.3 Å². The van der Waals surface area contributed by atoms with E-state index in [0.717, 1.165) is 24.7 Å². The molecule has 1 aliphatic rings. The second-order valence-electron chi connectivity index (χ2n) is 5.07. The first-order chi connectivity index (χ1) is 10.4. The van der Waals surface area contributed by atoms with Crippen LogP contribution in [0.5, 0.6) is 0 Å². The largest absolute Gasteiger partial charge is 0.341 e. The normalized spacial score (nSPS) is 14.5. The van der Waals surface area contributed by atoms with Crippen molar-refractivity contribution in [2.75, 3.05) is 23.3 Å². The molecule has 0 atom stereocenters. The summed E-state index contributed by atoms with van der Waals surface area (Å²) >= 11 is 0. The first kappa shape index (κ1) is 13.4. The van der Waals surface area contributed by atoms with E-state index >= 15 is 0 Å². The fourth-order valence-corrected chi connectivity index (χ4v) is 2.49. The smallest absolute Gasteiger partial charge is 0.227 e. The molecule has 0 unspecified atom stereocenters. The molecule has 2 heterocycles. The highest BCUT2D eigenvalue weighted by Gasteiger charge is 2.13. The van der Waals surface area contributed by atoms with Gasteiger partial charge in [-0.15, -0.1) is 0 Å². The minimum absolute atomic E-state index is 0.607. The number of piperidine rings is 1. The van der Waals surface area contributed by atoms with E-state index in [1.165, 1.54) is 19.3 Å². The quantitative estimate of drug-likeness (QED) is 0.935. The number of anilines is 3. The summed E-state index contributed by atoms with van der Waals surface area (Å²) in [5, 5.41) is 12.3. The summed E-state index contributed by atoms with van der Waals surface area (Å²) in [6.07, 6.45) is 5.43. The van der Waals surface area contributed by atoms with Gasteiger partial charge in [0.1, 0.15) is 11.9 Å². The third-order valence-corrected chi connectivity index (χ3v) is 3.59. The van der Waals surface area contributed by atoms with E-state index in [9.17, 15) is 0 Å². The monoisotopic (exact) mass is 279 g/mol. The standard InChI is InChI=1S/C16H17N5/c17-12-13-6-2-3-7-14(13)19-15-8-9-18-16(20-15)21-10-4-1-5-11-21/h2-3,6-9H,1,4-5,10-11H2,(H,18,19,20). The molecule has 5 nitrogen and oxygen atoms in total. The molecule has 2 aromatic rings. The van der Waals surface area contributed by atoms with Gasteiger partial charge in [-0.2, -0.15) is 10.2 Å². The number of nitriles is 1. The molecular formula is C16H17N5. The van der Waals surface area contributed by atoms with Crippen LogP contribution < -0.4 is 10.2 Å². The van der Waals surface area contributed by atoms with Gasteiger partial charge < -0.3 is 10.2 Å². The second kappa shape index (κ2) is 6.23. The van der Waals surface area contributed by atoms with Gasteiger partial charge in [-0.1, -0.05) is 12.1 Å². The van der Waals surface area contributed by atoms with Crippen LogP contribution >= 0.6 is 0 Å². The molecule has 1 N–H and O–H groups in total. The predicted octanol–water partition coefficient (Wildman–Crippen LogP) is 3.08. The van der Waals surface area contributed by atoms with Gasteiger partial charge in [-0.3, -0.25) is 0 Å². The van der Waals surface area contributed by atoms with E-state index < -0.39 is 0 Å². The van der Waals surface area contributed by atoms with Crippen LogP contribution in [0.25, 0.3) is 0 Å². The topological polar surface area (TPSA) is 64.8 Å². The maximum Gasteiger partial charge on any atom is 0.227 e. The fraction of sp³-hybridized carbons (Fsp3) is 0.312. The Morgan fingerprint density at radius 3 is 2.71 bits per heavy atom. The highest BCUT2D eigenvalue weighted by atomic mass is 15.3. The summed E-state index contributed by atoms with van der Waals surface area (Å²) in [6, 6.07) is 11.4. The number of hydrogen-bond donors (Lipinski definition) is 1. The first-order valence-corrected chi connectivity index (χ1v) is 7.21. The lowest BCUT2D eigenvalue weighted by molar-refractivity contribution is 0.568. The molecular weight excluding hydrogens is 262 g/mol. The van der Waals surface area contributed by atoms with Crippen LogP contribution in [0.4, 0.5) is 17.5 Å². The van der Waals surface area contributed by atoms with E-state index in [0.29, 0.717) is 11.4 Å². The van der Waals surface area contributed by atoms with E-state index in [1.807, 2.05) is 24.3 Å². The summed E-state index contributed by atoms with van der Waals surface area (Å²) in [4.78, 5) is 11.1. The Morgan fingerprint density at radius 1 is 1.10 bits per heavy atom. The molecule has 5 heteroatoms. The SMILES string of the molecule is N#Cc1ccccc1Nc1ccnc(N2CCCCC2)n1. The maximum absolute atomic E-state index is 9.12. The molecule has 1 saturated heterocycles. The van der Waals surface area contributed by atoms with Crippen molar-refractivity contribution in [3.05, 3.63) is 42.1 Å². The summed E-state index contributed by atoms with van der Waals surface area (Å²) in [6.45, 7) is 2.02. The van der Waals surface area contributed by atoms with Crippen LogP contribution in [0.3, 0.4) is 0 Å². The van der Waals surface area contributed by atoms with E-state index in [-0.39, 0.29) is 0 Å². The van der Waals surface area contributed by atoms with Crippen molar-refractivity contribution in [1.29, 1.82) is 5.26 Å². The van der Waals surface area contributed by atoms with Crippen molar-refractivity contribution in [2.24, 2.45) is 0 Å². The number of nitrogens with one attached hydrogen (secondary N) is 1. The van der Waals surface area contributed by atoms with Gasteiger partial charge in [-0.05, 0) is 37.5 Å². The van der Waals surface area contributed by atoms with Crippen molar-refractivity contribution in [2.45, 2.75) is 19.3 Å². The second-order valence-corrected chi connectivity index (χ2v) is 5.07. The van der Waals surface area contributed by atoms with Crippen molar-refractivity contribution >= 4 is 17.5 Å². The maximum atomic E-state index is 9.12. The van der Waals surface area contributed by atoms with Crippen LogP contribution in [0.1, 0.15) is 24.8 Å². The molecule has 1 aromatic heterocycles. The molecule has 106 valence electrons. The Balaban J connectivity index is 1.81. The summed E-state index contributed by atoms with van der Waals surface area (Å²) in [7, 11) is 0. The average Bonchev–Trinajstić information content (AvgIpc) is 2.56. The van der Waals surface area contributed by atoms with Crippen molar-refractivity contribution in [1.82, 2.24) is 9.97 Å². The molecule has 0 bridgehead atoms. The Hall–Kier alpha value is -2.61. The number of benzene rings is 1. The van der Waals surface area contributed by atoms with Gasteiger partial charge >= 0.3 is 0 Å². The Labute approximate surface area is 124 Å². The van der Waals surface area contributed by atoms with Crippen molar-refractivity contribution in [3.63, 3.8) is 0 Å². The third-order valence-electron chi connectivity index (χ3n) is 3.59. The summed E-state index contributed by atoms with van der Waals surface area (Å²) in [5.41, 5.74) is 1.37. The zero-order valence-electron chi connectivity index (χ0n) is 11.8. The Morgan fingerprint density at radius 2 is 1.90 bits per heavy atom. The highest BCUT2D eigenvalue weighted by molar-refractivity contribution is 5.64. The number of aromatic nitrogens is 2. The van der Waals surface area contributed by atoms with E-state index in [1.54, 1.807) is 12.3 Å². The van der Waals surface area contributed by atoms with E-state index in [2.05, 4.69) is 26.3 Å². The van der Waals surface area contributed by atoms with Gasteiger partial charge in [0.25, 0.3) is 0 Å². The molecule has 21 heavy (non-hydrogen) atoms. The fourth-order valence-electron chi connectivity index (χ4n) is 2.49. The number of nitrogens with zero attached hydrogens (tertiary/aromatic N) is 4. The number of rotatable bonds is 3. The zero-order chi connectivity index (χ0) is 14.5. The lowest BCUT2D eigenvalue weighted by Crippen LogP contribution is -2.31. The first-order valence-electron chi connectivity index (χ1n) is 7.21. The third kappa shape index (κ3) is 3.11. The number of hydrogen-bond acceptors (Lipinski definition) is 5. The lowest BCUT2D eigenvalue weighted by Gasteiger charge is -2.26. The van der Waals surface area contributed by atoms with Crippen LogP contribution in [0.2, 0.25) is 0 Å². The highest BCUT2D eigenvalue weighted by Crippen LogP contribution is 2.21. The molecule has 0 amide bonds. The molecule has 0 aliphatic carbocycles. The van der Waals surface area contributed by atoms with Crippen LogP contribution in [0, 0.1) is 11.3 Å². The molecule has 0 radical (unpaired) electrons. The van der Waals surface area contributed by atoms with Crippen molar-refractivity contribution in [3.8, 4) is 6.07 Å². The van der Waals surface area contributed by atoms with Crippen LogP contribution in [-0.2, 0) is 0 Å². The minimum atomic E-state index is 0.607. The van der Waals surface area contributed by atoms with Gasteiger partial charge in [0, 0.05) is 19.3 Å². The van der Waals surface area contributed by atoms with Gasteiger partial charge in [0.2, 0.25) is 5.95 Å². The molecule has 0 saturated carbocycles. The minimum Gasteiger partial charge on any atom is -0.341 e. The van der Waals surface area contributed by atoms with E-state index in [4.69, 9.17) is 5.26 Å². The molecule has 1 aromatic carbocycles. The van der Waals surface area contributed by atoms with Gasteiger partial charge in [-0.25, -0.2) is 4.98 Å². The lowest BCUT2D eigenvalue weighted by atomic mass is 10.1. The van der Waals surface area contributed by atoms with Gasteiger partial charge in [0.15, 0.2) is 0 Å². The Bertz CT molecular complexity index is 656. The summed E-state index contributed by atoms with van der Waals surface area (Å²) in [5.74, 6) is 1.47. The van der Waals surface area contributed by atoms with Crippen molar-refractivity contribution < 1.29 is 0 Å². The predicted molar refractivity (Wildman–Crippen MR) is 82.5 cm³/mol. The average molecular weight is 279 g/mol. The Kier molecular flexibility index (Phi) is 3.97. The summed E-state index contributed by atoms with van der Waals surface area (Å²) < 4.78 is 0. The molecule has 1 aliphatic heterocycles.